The highest BCUT2D eigenvalue weighted by Gasteiger charge is 2.24. The third kappa shape index (κ3) is 4.88. The molecule has 1 saturated heterocycles. The Morgan fingerprint density at radius 2 is 2.03 bits per heavy atom. The number of nitrogens with two attached hydrogens (primary N) is 2. The molecule has 11 heteroatoms. The van der Waals surface area contributed by atoms with Crippen molar-refractivity contribution in [2.75, 3.05) is 37.3 Å². The topological polar surface area (TPSA) is 155 Å². The number of nitrogen functional groups attached to an aromatic ring is 1. The number of rotatable bonds is 7. The molecule has 3 rings (SSSR count). The van der Waals surface area contributed by atoms with E-state index in [0.29, 0.717) is 10.5 Å². The van der Waals surface area contributed by atoms with Gasteiger partial charge in [0.25, 0.3) is 0 Å². The molecule has 1 fully saturated rings. The number of aromatic carboxylic acids is 1. The first-order valence-corrected chi connectivity index (χ1v) is 11.0. The lowest BCUT2D eigenvalue weighted by Crippen LogP contribution is -2.48. The molecule has 0 aromatic carbocycles. The molecule has 2 aromatic heterocycles. The van der Waals surface area contributed by atoms with E-state index in [1.54, 1.807) is 0 Å². The van der Waals surface area contributed by atoms with Crippen molar-refractivity contribution in [1.29, 1.82) is 0 Å². The zero-order chi connectivity index (χ0) is 22.7. The maximum atomic E-state index is 11.9. The number of piperidine rings is 1. The minimum absolute atomic E-state index is 0.0569. The zero-order valence-electron chi connectivity index (χ0n) is 17.7. The van der Waals surface area contributed by atoms with Gasteiger partial charge in [-0.1, -0.05) is 13.3 Å². The summed E-state index contributed by atoms with van der Waals surface area (Å²) in [6, 6.07) is 1.39. The SMILES string of the molecule is CCCc1cc(N2CCC(NCC(=O)N(C)C(N)=O)CC2)nc2sc(C(=O)O)c(N)c12. The lowest BCUT2D eigenvalue weighted by molar-refractivity contribution is -0.126. The number of hydrogen-bond donors (Lipinski definition) is 4. The molecule has 31 heavy (non-hydrogen) atoms. The number of aromatic nitrogens is 1. The van der Waals surface area contributed by atoms with E-state index in [4.69, 9.17) is 16.5 Å². The van der Waals surface area contributed by atoms with E-state index in [2.05, 4.69) is 17.1 Å². The summed E-state index contributed by atoms with van der Waals surface area (Å²) in [4.78, 5) is 43.0. The Labute approximate surface area is 184 Å². The quantitative estimate of drug-likeness (QED) is 0.498. The number of aryl methyl sites for hydroxylation is 1. The number of hydrogen-bond acceptors (Lipinski definition) is 8. The molecule has 1 aliphatic heterocycles. The van der Waals surface area contributed by atoms with Crippen LogP contribution in [0.3, 0.4) is 0 Å². The lowest BCUT2D eigenvalue weighted by atomic mass is 10.0. The Bertz CT molecular complexity index is 999. The minimum atomic E-state index is -1.03. The molecule has 0 unspecified atom stereocenters. The van der Waals surface area contributed by atoms with Gasteiger partial charge in [0, 0.05) is 31.6 Å². The summed E-state index contributed by atoms with van der Waals surface area (Å²) in [7, 11) is 1.36. The smallest absolute Gasteiger partial charge is 0.348 e. The van der Waals surface area contributed by atoms with Crippen LogP contribution in [0.4, 0.5) is 16.3 Å². The van der Waals surface area contributed by atoms with Crippen LogP contribution in [0.15, 0.2) is 6.07 Å². The second-order valence-electron chi connectivity index (χ2n) is 7.65. The van der Waals surface area contributed by atoms with Crippen LogP contribution in [0, 0.1) is 0 Å². The van der Waals surface area contributed by atoms with Crippen molar-refractivity contribution in [2.24, 2.45) is 5.73 Å². The number of nitrogens with one attached hydrogen (secondary N) is 1. The molecule has 0 bridgehead atoms. The van der Waals surface area contributed by atoms with Gasteiger partial charge < -0.3 is 26.8 Å². The first-order valence-electron chi connectivity index (χ1n) is 10.2. The number of fused-ring (bicyclic) bond motifs is 1. The molecule has 2 aromatic rings. The van der Waals surface area contributed by atoms with Crippen molar-refractivity contribution in [2.45, 2.75) is 38.6 Å². The summed E-state index contributed by atoms with van der Waals surface area (Å²) >= 11 is 1.11. The number of amides is 3. The van der Waals surface area contributed by atoms with Crippen LogP contribution in [0.5, 0.6) is 0 Å². The minimum Gasteiger partial charge on any atom is -0.477 e. The van der Waals surface area contributed by atoms with E-state index in [0.717, 1.165) is 71.8 Å². The van der Waals surface area contributed by atoms with Crippen LogP contribution in [0.1, 0.15) is 41.4 Å². The molecule has 0 atom stereocenters. The van der Waals surface area contributed by atoms with Gasteiger partial charge in [0.05, 0.1) is 12.2 Å². The van der Waals surface area contributed by atoms with E-state index in [9.17, 15) is 19.5 Å². The molecule has 0 spiro atoms. The molecule has 3 amide bonds. The number of nitrogens with zero attached hydrogens (tertiary/aromatic N) is 3. The second-order valence-corrected chi connectivity index (χ2v) is 8.65. The second kappa shape index (κ2) is 9.48. The number of pyridine rings is 1. The number of thiophene rings is 1. The van der Waals surface area contributed by atoms with Crippen molar-refractivity contribution in [3.05, 3.63) is 16.5 Å². The van der Waals surface area contributed by atoms with Crippen LogP contribution in [0.2, 0.25) is 0 Å². The van der Waals surface area contributed by atoms with E-state index in [1.807, 2.05) is 6.07 Å². The molecule has 0 saturated carbocycles. The largest absolute Gasteiger partial charge is 0.477 e. The number of urea groups is 1. The zero-order valence-corrected chi connectivity index (χ0v) is 18.5. The molecule has 0 radical (unpaired) electrons. The third-order valence-corrected chi connectivity index (χ3v) is 6.63. The number of carboxylic acid groups (broad SMARTS) is 1. The first-order chi connectivity index (χ1) is 14.7. The highest BCUT2D eigenvalue weighted by Crippen LogP contribution is 2.37. The number of carboxylic acids is 1. The van der Waals surface area contributed by atoms with Crippen molar-refractivity contribution >= 4 is 51.0 Å². The molecule has 168 valence electrons. The maximum absolute atomic E-state index is 11.9. The molecule has 6 N–H and O–H groups in total. The summed E-state index contributed by atoms with van der Waals surface area (Å²) in [6.45, 7) is 3.62. The van der Waals surface area contributed by atoms with Gasteiger partial charge in [0.2, 0.25) is 5.91 Å². The normalized spacial score (nSPS) is 14.7. The summed E-state index contributed by atoms with van der Waals surface area (Å²) in [5, 5.41) is 13.4. The fraction of sp³-hybridized carbons (Fsp3) is 0.500. The number of likely N-dealkylation sites (N-methyl/N-ethyl adjacent to an activating group) is 1. The lowest BCUT2D eigenvalue weighted by Gasteiger charge is -2.33. The number of imide groups is 1. The maximum Gasteiger partial charge on any atom is 0.348 e. The van der Waals surface area contributed by atoms with Crippen molar-refractivity contribution in [3.8, 4) is 0 Å². The highest BCUT2D eigenvalue weighted by molar-refractivity contribution is 7.21. The Kier molecular flexibility index (Phi) is 6.96. The van der Waals surface area contributed by atoms with E-state index in [-0.39, 0.29) is 23.4 Å². The van der Waals surface area contributed by atoms with Crippen LogP contribution in [-0.4, -0.2) is 65.6 Å². The fourth-order valence-corrected chi connectivity index (χ4v) is 4.73. The van der Waals surface area contributed by atoms with Gasteiger partial charge in [-0.3, -0.25) is 9.69 Å². The van der Waals surface area contributed by atoms with Gasteiger partial charge in [0.1, 0.15) is 15.5 Å². The predicted molar refractivity (Wildman–Crippen MR) is 121 cm³/mol. The summed E-state index contributed by atoms with van der Waals surface area (Å²) in [5.41, 5.74) is 12.5. The van der Waals surface area contributed by atoms with E-state index >= 15 is 0 Å². The molecular formula is C20H28N6O4S. The van der Waals surface area contributed by atoms with Gasteiger partial charge >= 0.3 is 12.0 Å². The van der Waals surface area contributed by atoms with Crippen LogP contribution in [-0.2, 0) is 11.2 Å². The monoisotopic (exact) mass is 448 g/mol. The third-order valence-electron chi connectivity index (χ3n) is 5.55. The van der Waals surface area contributed by atoms with E-state index in [1.165, 1.54) is 7.05 Å². The Hall–Kier alpha value is -2.92. The van der Waals surface area contributed by atoms with Crippen molar-refractivity contribution in [3.63, 3.8) is 0 Å². The predicted octanol–water partition coefficient (Wildman–Crippen LogP) is 1.62. The van der Waals surface area contributed by atoms with Gasteiger partial charge in [-0.2, -0.15) is 0 Å². The summed E-state index contributed by atoms with van der Waals surface area (Å²) in [6.07, 6.45) is 3.32. The van der Waals surface area contributed by atoms with Gasteiger partial charge in [-0.05, 0) is 30.9 Å². The Balaban J connectivity index is 1.71. The van der Waals surface area contributed by atoms with Crippen molar-refractivity contribution < 1.29 is 19.5 Å². The van der Waals surface area contributed by atoms with Gasteiger partial charge in [-0.25, -0.2) is 14.6 Å². The van der Waals surface area contributed by atoms with Gasteiger partial charge in [-0.15, -0.1) is 11.3 Å². The van der Waals surface area contributed by atoms with Crippen LogP contribution in [0.25, 0.3) is 10.2 Å². The molecule has 0 aliphatic carbocycles. The van der Waals surface area contributed by atoms with E-state index < -0.39 is 12.0 Å². The fourth-order valence-electron chi connectivity index (χ4n) is 3.76. The summed E-state index contributed by atoms with van der Waals surface area (Å²) < 4.78 is 0. The highest BCUT2D eigenvalue weighted by atomic mass is 32.1. The standard InChI is InChI=1S/C20H28N6O4S/c1-3-4-11-9-13(24-18-15(11)16(21)17(31-18)19(28)29)26-7-5-12(6-8-26)23-10-14(27)25(2)20(22)30/h9,12,23H,3-8,10,21H2,1-2H3,(H2,22,30)(H,28,29). The average Bonchev–Trinajstić information content (AvgIpc) is 3.09. The average molecular weight is 449 g/mol. The number of carbonyl (C=O) groups is 3. The summed E-state index contributed by atoms with van der Waals surface area (Å²) in [5.74, 6) is -0.583. The first kappa shape index (κ1) is 22.8. The number of primary amides is 1. The van der Waals surface area contributed by atoms with Gasteiger partial charge in [0.15, 0.2) is 0 Å². The Morgan fingerprint density at radius 3 is 2.61 bits per heavy atom. The number of anilines is 2. The molecular weight excluding hydrogens is 420 g/mol. The Morgan fingerprint density at radius 1 is 1.35 bits per heavy atom. The van der Waals surface area contributed by atoms with Crippen LogP contribution >= 0.6 is 11.3 Å². The number of carbonyl (C=O) groups excluding carboxylic acids is 2. The molecule has 3 heterocycles. The molecule has 1 aliphatic rings. The van der Waals surface area contributed by atoms with Crippen molar-refractivity contribution in [1.82, 2.24) is 15.2 Å². The molecule has 10 nitrogen and oxygen atoms in total. The van der Waals surface area contributed by atoms with Crippen LogP contribution < -0.4 is 21.7 Å².